The third kappa shape index (κ3) is 3.40. The number of rotatable bonds is 5. The van der Waals surface area contributed by atoms with Crippen molar-refractivity contribution >= 4 is 28.3 Å². The highest BCUT2D eigenvalue weighted by Gasteiger charge is 2.07. The van der Waals surface area contributed by atoms with E-state index in [1.54, 1.807) is 24.3 Å². The molecule has 5 heteroatoms. The number of hydrogen-bond acceptors (Lipinski definition) is 3. The number of H-pyrrole nitrogens is 1. The molecule has 0 aliphatic carbocycles. The molecule has 3 rings (SSSR count). The molecule has 0 saturated heterocycles. The lowest BCUT2D eigenvalue weighted by Gasteiger charge is -2.08. The van der Waals surface area contributed by atoms with Crippen LogP contribution in [-0.4, -0.2) is 23.3 Å². The Bertz CT molecular complexity index is 850. The van der Waals surface area contributed by atoms with Gasteiger partial charge in [-0.3, -0.25) is 9.59 Å². The predicted octanol–water partition coefficient (Wildman–Crippen LogP) is 3.39. The molecule has 0 atom stereocenters. The molecule has 3 aromatic rings. The Hall–Kier alpha value is -3.08. The van der Waals surface area contributed by atoms with Crippen molar-refractivity contribution in [3.05, 3.63) is 60.3 Å². The molecule has 0 bridgehead atoms. The number of hydrogen-bond donors (Lipinski definition) is 2. The summed E-state index contributed by atoms with van der Waals surface area (Å²) in [5.74, 6) is 0.393. The molecule has 23 heavy (non-hydrogen) atoms. The summed E-state index contributed by atoms with van der Waals surface area (Å²) in [6.45, 7) is 1.42. The first-order valence-electron chi connectivity index (χ1n) is 7.23. The van der Waals surface area contributed by atoms with Crippen molar-refractivity contribution in [3.8, 4) is 5.75 Å². The van der Waals surface area contributed by atoms with Gasteiger partial charge in [0.2, 0.25) is 0 Å². The summed E-state index contributed by atoms with van der Waals surface area (Å²) in [5.41, 5.74) is 2.20. The number of anilines is 1. The summed E-state index contributed by atoms with van der Waals surface area (Å²) in [6, 6.07) is 14.3. The number of ether oxygens (including phenoxy) is 1. The van der Waals surface area contributed by atoms with E-state index in [-0.39, 0.29) is 18.3 Å². The lowest BCUT2D eigenvalue weighted by atomic mass is 10.1. The molecule has 1 amide bonds. The standard InChI is InChI=1S/C18H16N2O3/c1-12(21)13-5-7-14(8-6-13)20-18(22)11-23-17-4-2-3-16-15(17)9-10-19-16/h2-10,19H,11H2,1H3,(H,20,22). The molecule has 1 heterocycles. The van der Waals surface area contributed by atoms with Crippen LogP contribution in [-0.2, 0) is 4.79 Å². The van der Waals surface area contributed by atoms with Crippen LogP contribution in [0, 0.1) is 0 Å². The van der Waals surface area contributed by atoms with Gasteiger partial charge < -0.3 is 15.0 Å². The first-order valence-corrected chi connectivity index (χ1v) is 7.23. The average molecular weight is 308 g/mol. The second-order valence-electron chi connectivity index (χ2n) is 5.17. The molecule has 0 spiro atoms. The van der Waals surface area contributed by atoms with Crippen LogP contribution in [0.15, 0.2) is 54.7 Å². The topological polar surface area (TPSA) is 71.2 Å². The van der Waals surface area contributed by atoms with Crippen LogP contribution in [0.3, 0.4) is 0 Å². The molecule has 0 radical (unpaired) electrons. The molecule has 0 aliphatic heterocycles. The van der Waals surface area contributed by atoms with Crippen molar-refractivity contribution in [3.63, 3.8) is 0 Å². The van der Waals surface area contributed by atoms with Gasteiger partial charge in [-0.25, -0.2) is 0 Å². The number of nitrogens with one attached hydrogen (secondary N) is 2. The summed E-state index contributed by atoms with van der Waals surface area (Å²) in [6.07, 6.45) is 1.83. The van der Waals surface area contributed by atoms with E-state index in [4.69, 9.17) is 4.74 Å². The van der Waals surface area contributed by atoms with Crippen molar-refractivity contribution in [2.45, 2.75) is 6.92 Å². The van der Waals surface area contributed by atoms with Gasteiger partial charge in [-0.15, -0.1) is 0 Å². The summed E-state index contributed by atoms with van der Waals surface area (Å²) in [5, 5.41) is 3.67. The van der Waals surface area contributed by atoms with Crippen LogP contribution in [0.25, 0.3) is 10.9 Å². The van der Waals surface area contributed by atoms with Crippen molar-refractivity contribution in [1.29, 1.82) is 0 Å². The summed E-state index contributed by atoms with van der Waals surface area (Å²) in [7, 11) is 0. The molecular weight excluding hydrogens is 292 g/mol. The van der Waals surface area contributed by atoms with Crippen molar-refractivity contribution in [2.75, 3.05) is 11.9 Å². The number of ketones is 1. The number of fused-ring (bicyclic) bond motifs is 1. The highest BCUT2D eigenvalue weighted by atomic mass is 16.5. The Kier molecular flexibility index (Phi) is 4.10. The Morgan fingerprint density at radius 1 is 1.09 bits per heavy atom. The van der Waals surface area contributed by atoms with Crippen LogP contribution in [0.5, 0.6) is 5.75 Å². The Morgan fingerprint density at radius 2 is 1.87 bits per heavy atom. The van der Waals surface area contributed by atoms with E-state index in [0.717, 1.165) is 10.9 Å². The highest BCUT2D eigenvalue weighted by molar-refractivity contribution is 5.96. The van der Waals surface area contributed by atoms with Crippen LogP contribution in [0.1, 0.15) is 17.3 Å². The average Bonchev–Trinajstić information content (AvgIpc) is 3.02. The number of carbonyl (C=O) groups is 2. The zero-order valence-corrected chi connectivity index (χ0v) is 12.6. The second kappa shape index (κ2) is 6.36. The number of amides is 1. The highest BCUT2D eigenvalue weighted by Crippen LogP contribution is 2.24. The predicted molar refractivity (Wildman–Crippen MR) is 88.9 cm³/mol. The molecule has 0 saturated carbocycles. The van der Waals surface area contributed by atoms with Gasteiger partial charge in [0.1, 0.15) is 5.75 Å². The quantitative estimate of drug-likeness (QED) is 0.710. The van der Waals surface area contributed by atoms with Gasteiger partial charge in [-0.05, 0) is 49.4 Å². The van der Waals surface area contributed by atoms with Gasteiger partial charge in [0.05, 0.1) is 0 Å². The SMILES string of the molecule is CC(=O)c1ccc(NC(=O)COc2cccc3[nH]ccc23)cc1. The number of Topliss-reactive ketones (excluding diaryl/α,β-unsaturated/α-hetero) is 1. The van der Waals surface area contributed by atoms with Crippen molar-refractivity contribution in [2.24, 2.45) is 0 Å². The fraction of sp³-hybridized carbons (Fsp3) is 0.111. The van der Waals surface area contributed by atoms with Crippen LogP contribution < -0.4 is 10.1 Å². The monoisotopic (exact) mass is 308 g/mol. The van der Waals surface area contributed by atoms with Gasteiger partial charge in [-0.1, -0.05) is 6.07 Å². The maximum absolute atomic E-state index is 12.0. The van der Waals surface area contributed by atoms with Gasteiger partial charge in [0.15, 0.2) is 12.4 Å². The van der Waals surface area contributed by atoms with Crippen LogP contribution in [0.4, 0.5) is 5.69 Å². The normalized spacial score (nSPS) is 10.5. The smallest absolute Gasteiger partial charge is 0.262 e. The summed E-state index contributed by atoms with van der Waals surface area (Å²) >= 11 is 0. The zero-order chi connectivity index (χ0) is 16.2. The van der Waals surface area contributed by atoms with Crippen LogP contribution in [0.2, 0.25) is 0 Å². The number of aromatic nitrogens is 1. The minimum Gasteiger partial charge on any atom is -0.483 e. The van der Waals surface area contributed by atoms with E-state index in [0.29, 0.717) is 17.0 Å². The zero-order valence-electron chi connectivity index (χ0n) is 12.6. The van der Waals surface area contributed by atoms with E-state index in [1.807, 2.05) is 30.5 Å². The maximum Gasteiger partial charge on any atom is 0.262 e. The largest absolute Gasteiger partial charge is 0.483 e. The van der Waals surface area contributed by atoms with Crippen LogP contribution >= 0.6 is 0 Å². The van der Waals surface area contributed by atoms with Gasteiger partial charge in [0.25, 0.3) is 5.91 Å². The lowest BCUT2D eigenvalue weighted by Crippen LogP contribution is -2.20. The number of benzene rings is 2. The Balaban J connectivity index is 1.61. The van der Waals surface area contributed by atoms with E-state index in [1.165, 1.54) is 6.92 Å². The van der Waals surface area contributed by atoms with Gasteiger partial charge in [0, 0.05) is 28.4 Å². The van der Waals surface area contributed by atoms with Crippen molar-refractivity contribution < 1.29 is 14.3 Å². The fourth-order valence-corrected chi connectivity index (χ4v) is 2.31. The molecule has 2 N–H and O–H groups in total. The maximum atomic E-state index is 12.0. The summed E-state index contributed by atoms with van der Waals surface area (Å²) in [4.78, 5) is 26.3. The third-order valence-electron chi connectivity index (χ3n) is 3.49. The minimum absolute atomic E-state index is 0.00851. The van der Waals surface area contributed by atoms with E-state index >= 15 is 0 Å². The number of aromatic amines is 1. The lowest BCUT2D eigenvalue weighted by molar-refractivity contribution is -0.118. The molecule has 0 aliphatic rings. The van der Waals surface area contributed by atoms with E-state index in [9.17, 15) is 9.59 Å². The molecule has 0 unspecified atom stereocenters. The molecule has 0 fully saturated rings. The minimum atomic E-state index is -0.256. The molecule has 116 valence electrons. The Labute approximate surface area is 133 Å². The molecular formula is C18H16N2O3. The first kappa shape index (κ1) is 14.8. The van der Waals surface area contributed by atoms with Gasteiger partial charge in [-0.2, -0.15) is 0 Å². The molecule has 5 nitrogen and oxygen atoms in total. The molecule has 2 aromatic carbocycles. The van der Waals surface area contributed by atoms with Crippen molar-refractivity contribution in [1.82, 2.24) is 4.98 Å². The third-order valence-corrected chi connectivity index (χ3v) is 3.49. The number of carbonyl (C=O) groups excluding carboxylic acids is 2. The first-order chi connectivity index (χ1) is 11.1. The Morgan fingerprint density at radius 3 is 2.61 bits per heavy atom. The fourth-order valence-electron chi connectivity index (χ4n) is 2.31. The van der Waals surface area contributed by atoms with Gasteiger partial charge >= 0.3 is 0 Å². The van der Waals surface area contributed by atoms with E-state index < -0.39 is 0 Å². The molecule has 1 aromatic heterocycles. The second-order valence-corrected chi connectivity index (χ2v) is 5.17. The van der Waals surface area contributed by atoms with E-state index in [2.05, 4.69) is 10.3 Å². The summed E-state index contributed by atoms with van der Waals surface area (Å²) < 4.78 is 5.59.